The Bertz CT molecular complexity index is 934. The molecule has 0 radical (unpaired) electrons. The first-order valence-electron chi connectivity index (χ1n) is 9.61. The van der Waals surface area contributed by atoms with Gasteiger partial charge in [-0.1, -0.05) is 11.6 Å². The number of piperidine rings is 1. The predicted molar refractivity (Wildman–Crippen MR) is 119 cm³/mol. The van der Waals surface area contributed by atoms with Gasteiger partial charge in [-0.05, 0) is 24.4 Å². The van der Waals surface area contributed by atoms with E-state index in [4.69, 9.17) is 47.5 Å². The number of rotatable bonds is 5. The molecule has 2 aromatic rings. The Morgan fingerprint density at radius 1 is 1.07 bits per heavy atom. The van der Waals surface area contributed by atoms with Crippen LogP contribution < -0.4 is 29.0 Å². The lowest BCUT2D eigenvalue weighted by Crippen LogP contribution is -2.43. The lowest BCUT2D eigenvalue weighted by atomic mass is 10.1. The fourth-order valence-corrected chi connectivity index (χ4v) is 4.00. The van der Waals surface area contributed by atoms with Gasteiger partial charge in [0.25, 0.3) is 0 Å². The van der Waals surface area contributed by atoms with Crippen LogP contribution in [-0.4, -0.2) is 50.2 Å². The summed E-state index contributed by atoms with van der Waals surface area (Å²) in [6.45, 7) is 1.83. The van der Waals surface area contributed by atoms with Gasteiger partial charge in [0.2, 0.25) is 6.79 Å². The van der Waals surface area contributed by atoms with Gasteiger partial charge in [-0.3, -0.25) is 0 Å². The minimum absolute atomic E-state index is 0.120. The Morgan fingerprint density at radius 3 is 2.53 bits per heavy atom. The van der Waals surface area contributed by atoms with Crippen LogP contribution in [-0.2, 0) is 0 Å². The lowest BCUT2D eigenvalue weighted by molar-refractivity contribution is 0.131. The van der Waals surface area contributed by atoms with Crippen LogP contribution in [0, 0.1) is 0 Å². The van der Waals surface area contributed by atoms with E-state index < -0.39 is 0 Å². The van der Waals surface area contributed by atoms with Gasteiger partial charge >= 0.3 is 0 Å². The van der Waals surface area contributed by atoms with Gasteiger partial charge < -0.3 is 33.9 Å². The number of fused-ring (bicyclic) bond motifs is 1. The third kappa shape index (κ3) is 4.44. The van der Waals surface area contributed by atoms with Gasteiger partial charge in [-0.15, -0.1) is 0 Å². The molecule has 0 aromatic heterocycles. The molecular formula is C21H23ClN2O5S. The highest BCUT2D eigenvalue weighted by atomic mass is 35.5. The number of halogens is 1. The number of nitrogens with one attached hydrogen (secondary N) is 1. The first-order valence-corrected chi connectivity index (χ1v) is 10.4. The zero-order chi connectivity index (χ0) is 21.1. The highest BCUT2D eigenvalue weighted by Crippen LogP contribution is 2.37. The van der Waals surface area contributed by atoms with E-state index in [1.54, 1.807) is 26.4 Å². The van der Waals surface area contributed by atoms with E-state index in [0.29, 0.717) is 27.3 Å². The quantitative estimate of drug-likeness (QED) is 0.675. The van der Waals surface area contributed by atoms with Gasteiger partial charge in [-0.25, -0.2) is 0 Å². The average Bonchev–Trinajstić information content (AvgIpc) is 3.23. The van der Waals surface area contributed by atoms with Crippen molar-refractivity contribution in [3.63, 3.8) is 0 Å². The molecule has 2 aromatic carbocycles. The molecule has 2 aliphatic rings. The highest BCUT2D eigenvalue weighted by molar-refractivity contribution is 7.80. The second kappa shape index (κ2) is 9.06. The number of anilines is 1. The van der Waals surface area contributed by atoms with Crippen LogP contribution in [0.4, 0.5) is 5.69 Å². The molecule has 9 heteroatoms. The molecule has 7 nitrogen and oxygen atoms in total. The second-order valence-corrected chi connectivity index (χ2v) is 7.73. The number of nitrogens with zero attached hydrogens (tertiary/aromatic N) is 1. The van der Waals surface area contributed by atoms with Gasteiger partial charge in [-0.2, -0.15) is 0 Å². The molecule has 0 aliphatic carbocycles. The van der Waals surface area contributed by atoms with Crippen LogP contribution in [0.15, 0.2) is 30.3 Å². The zero-order valence-corrected chi connectivity index (χ0v) is 18.3. The molecule has 160 valence electrons. The predicted octanol–water partition coefficient (Wildman–Crippen LogP) is 4.33. The first-order chi connectivity index (χ1) is 14.6. The summed E-state index contributed by atoms with van der Waals surface area (Å²) in [5, 5.41) is 4.35. The molecule has 0 saturated carbocycles. The third-order valence-corrected chi connectivity index (χ3v) is 5.75. The summed E-state index contributed by atoms with van der Waals surface area (Å²) in [6.07, 6.45) is 1.84. The summed E-state index contributed by atoms with van der Waals surface area (Å²) in [4.78, 5) is 2.12. The molecule has 0 spiro atoms. The molecule has 0 amide bonds. The van der Waals surface area contributed by atoms with E-state index in [0.717, 1.165) is 43.2 Å². The molecule has 0 atom stereocenters. The number of ether oxygens (including phenoxy) is 5. The standard InChI is InChI=1S/C21H23ClN2O5S/c1-25-18-11-16(19(26-2)10-15(18)22)23-21(30)24-7-5-13(6-8-24)29-14-3-4-17-20(9-14)28-12-27-17/h3-4,9-11,13H,5-8,12H2,1-2H3,(H,23,30). The lowest BCUT2D eigenvalue weighted by Gasteiger charge is -2.34. The molecule has 0 unspecified atom stereocenters. The number of hydrogen-bond acceptors (Lipinski definition) is 6. The van der Waals surface area contributed by atoms with E-state index in [9.17, 15) is 0 Å². The van der Waals surface area contributed by atoms with E-state index >= 15 is 0 Å². The van der Waals surface area contributed by atoms with Gasteiger partial charge in [0.05, 0.1) is 24.9 Å². The van der Waals surface area contributed by atoms with Crippen LogP contribution >= 0.6 is 23.8 Å². The van der Waals surface area contributed by atoms with Crippen LogP contribution in [0.2, 0.25) is 5.02 Å². The van der Waals surface area contributed by atoms with Crippen molar-refractivity contribution in [1.82, 2.24) is 4.90 Å². The van der Waals surface area contributed by atoms with Crippen molar-refractivity contribution >= 4 is 34.6 Å². The van der Waals surface area contributed by atoms with Crippen molar-refractivity contribution < 1.29 is 23.7 Å². The summed E-state index contributed by atoms with van der Waals surface area (Å²) in [5.74, 6) is 3.42. The monoisotopic (exact) mass is 450 g/mol. The Labute approximate surface area is 185 Å². The number of hydrogen-bond donors (Lipinski definition) is 1. The van der Waals surface area contributed by atoms with Gasteiger partial charge in [0, 0.05) is 44.1 Å². The van der Waals surface area contributed by atoms with Crippen molar-refractivity contribution in [2.75, 3.05) is 39.4 Å². The van der Waals surface area contributed by atoms with E-state index in [1.165, 1.54) is 0 Å². The molecule has 30 heavy (non-hydrogen) atoms. The molecule has 2 aliphatic heterocycles. The third-order valence-electron chi connectivity index (χ3n) is 5.09. The van der Waals surface area contributed by atoms with Crippen LogP contribution in [0.25, 0.3) is 0 Å². The van der Waals surface area contributed by atoms with Crippen LogP contribution in [0.3, 0.4) is 0 Å². The molecule has 1 fully saturated rings. The maximum absolute atomic E-state index is 6.17. The van der Waals surface area contributed by atoms with Crippen molar-refractivity contribution in [2.24, 2.45) is 0 Å². The van der Waals surface area contributed by atoms with Crippen LogP contribution in [0.1, 0.15) is 12.8 Å². The first kappa shape index (κ1) is 20.7. The maximum Gasteiger partial charge on any atom is 0.231 e. The number of benzene rings is 2. The van der Waals surface area contributed by atoms with Crippen molar-refractivity contribution in [2.45, 2.75) is 18.9 Å². The molecule has 2 heterocycles. The Hall–Kier alpha value is -2.58. The molecule has 4 rings (SSSR count). The van der Waals surface area contributed by atoms with Crippen molar-refractivity contribution in [3.05, 3.63) is 35.4 Å². The van der Waals surface area contributed by atoms with Crippen molar-refractivity contribution in [3.8, 4) is 28.7 Å². The van der Waals surface area contributed by atoms with E-state index in [-0.39, 0.29) is 12.9 Å². The second-order valence-electron chi connectivity index (χ2n) is 6.94. The molecule has 0 bridgehead atoms. The maximum atomic E-state index is 6.17. The minimum Gasteiger partial charge on any atom is -0.495 e. The van der Waals surface area contributed by atoms with Crippen LogP contribution in [0.5, 0.6) is 28.7 Å². The Balaban J connectivity index is 1.33. The minimum atomic E-state index is 0.120. The molecule has 1 N–H and O–H groups in total. The highest BCUT2D eigenvalue weighted by Gasteiger charge is 2.24. The van der Waals surface area contributed by atoms with Gasteiger partial charge in [0.15, 0.2) is 16.6 Å². The SMILES string of the molecule is COc1cc(NC(=S)N2CCC(Oc3ccc4c(c3)OCO4)CC2)c(OC)cc1Cl. The summed E-state index contributed by atoms with van der Waals surface area (Å²) < 4.78 is 27.6. The fraction of sp³-hybridized carbons (Fsp3) is 0.381. The summed E-state index contributed by atoms with van der Waals surface area (Å²) in [7, 11) is 3.16. The topological polar surface area (TPSA) is 61.4 Å². The fourth-order valence-electron chi connectivity index (χ4n) is 3.47. The average molecular weight is 451 g/mol. The number of likely N-dealkylation sites (tertiary alicyclic amines) is 1. The smallest absolute Gasteiger partial charge is 0.231 e. The Kier molecular flexibility index (Phi) is 6.24. The summed E-state index contributed by atoms with van der Waals surface area (Å²) >= 11 is 11.8. The number of methoxy groups -OCH3 is 2. The van der Waals surface area contributed by atoms with E-state index in [2.05, 4.69) is 10.2 Å². The molecule has 1 saturated heterocycles. The number of thiocarbonyl (C=S) groups is 1. The zero-order valence-electron chi connectivity index (χ0n) is 16.8. The van der Waals surface area contributed by atoms with E-state index in [1.807, 2.05) is 18.2 Å². The Morgan fingerprint density at radius 2 is 1.80 bits per heavy atom. The largest absolute Gasteiger partial charge is 0.495 e. The summed E-state index contributed by atoms with van der Waals surface area (Å²) in [5.41, 5.74) is 0.711. The van der Waals surface area contributed by atoms with Crippen molar-refractivity contribution in [1.29, 1.82) is 0 Å². The van der Waals surface area contributed by atoms with Gasteiger partial charge in [0.1, 0.15) is 23.4 Å². The normalized spacial score (nSPS) is 15.6. The molecular weight excluding hydrogens is 428 g/mol. The summed E-state index contributed by atoms with van der Waals surface area (Å²) in [6, 6.07) is 9.15.